The van der Waals surface area contributed by atoms with Gasteiger partial charge in [0.05, 0.1) is 6.61 Å². The lowest BCUT2D eigenvalue weighted by Crippen LogP contribution is -2.46. The SMILES string of the molecule is CCC(C)[C@@H](NC(=O)C(C)C)[C@@H]1CCOC1.[HH]. The van der Waals surface area contributed by atoms with E-state index in [9.17, 15) is 4.79 Å². The van der Waals surface area contributed by atoms with Gasteiger partial charge < -0.3 is 10.1 Å². The zero-order valence-electron chi connectivity index (χ0n) is 11.0. The van der Waals surface area contributed by atoms with Gasteiger partial charge in [0.1, 0.15) is 0 Å². The summed E-state index contributed by atoms with van der Waals surface area (Å²) in [5, 5.41) is 3.19. The maximum Gasteiger partial charge on any atom is 0.222 e. The van der Waals surface area contributed by atoms with Gasteiger partial charge in [-0.25, -0.2) is 0 Å². The van der Waals surface area contributed by atoms with E-state index in [0.717, 1.165) is 26.1 Å². The zero-order valence-corrected chi connectivity index (χ0v) is 11.0. The third kappa shape index (κ3) is 3.48. The quantitative estimate of drug-likeness (QED) is 0.786. The van der Waals surface area contributed by atoms with Crippen LogP contribution in [-0.4, -0.2) is 25.2 Å². The first-order valence-corrected chi connectivity index (χ1v) is 6.44. The number of ether oxygens (including phenoxy) is 1. The monoisotopic (exact) mass is 229 g/mol. The van der Waals surface area contributed by atoms with Crippen molar-refractivity contribution in [3.8, 4) is 0 Å². The molecular weight excluding hydrogens is 202 g/mol. The normalized spacial score (nSPS) is 24.4. The van der Waals surface area contributed by atoms with Crippen molar-refractivity contribution >= 4 is 5.91 Å². The number of rotatable bonds is 5. The van der Waals surface area contributed by atoms with Crippen molar-refractivity contribution in [2.45, 2.75) is 46.6 Å². The molecule has 1 fully saturated rings. The average Bonchev–Trinajstić information content (AvgIpc) is 2.77. The van der Waals surface area contributed by atoms with Crippen LogP contribution in [-0.2, 0) is 9.53 Å². The first kappa shape index (κ1) is 13.5. The molecule has 1 saturated heterocycles. The molecule has 16 heavy (non-hydrogen) atoms. The molecule has 0 saturated carbocycles. The van der Waals surface area contributed by atoms with Gasteiger partial charge >= 0.3 is 0 Å². The van der Waals surface area contributed by atoms with Gasteiger partial charge in [0, 0.05) is 25.9 Å². The van der Waals surface area contributed by atoms with Gasteiger partial charge in [0.2, 0.25) is 5.91 Å². The molecule has 0 aromatic rings. The van der Waals surface area contributed by atoms with Crippen LogP contribution in [0.2, 0.25) is 0 Å². The van der Waals surface area contributed by atoms with Crippen LogP contribution in [0.3, 0.4) is 0 Å². The third-order valence-corrected chi connectivity index (χ3v) is 3.56. The first-order valence-electron chi connectivity index (χ1n) is 6.44. The van der Waals surface area contributed by atoms with Crippen LogP contribution < -0.4 is 5.32 Å². The molecule has 0 aromatic carbocycles. The fourth-order valence-electron chi connectivity index (χ4n) is 2.15. The van der Waals surface area contributed by atoms with E-state index in [0.29, 0.717) is 11.8 Å². The highest BCUT2D eigenvalue weighted by molar-refractivity contribution is 5.78. The van der Waals surface area contributed by atoms with E-state index in [1.165, 1.54) is 0 Å². The summed E-state index contributed by atoms with van der Waals surface area (Å²) >= 11 is 0. The second-order valence-electron chi connectivity index (χ2n) is 5.20. The van der Waals surface area contributed by atoms with E-state index >= 15 is 0 Å². The zero-order chi connectivity index (χ0) is 12.1. The molecule has 3 nitrogen and oxygen atoms in total. The fraction of sp³-hybridized carbons (Fsp3) is 0.923. The Bertz CT molecular complexity index is 227. The van der Waals surface area contributed by atoms with Gasteiger partial charge in [-0.1, -0.05) is 34.1 Å². The summed E-state index contributed by atoms with van der Waals surface area (Å²) in [6.07, 6.45) is 2.17. The lowest BCUT2D eigenvalue weighted by atomic mass is 9.87. The van der Waals surface area contributed by atoms with Crippen LogP contribution in [0.4, 0.5) is 0 Å². The van der Waals surface area contributed by atoms with Crippen LogP contribution in [0, 0.1) is 17.8 Å². The van der Waals surface area contributed by atoms with Gasteiger partial charge in [0.15, 0.2) is 0 Å². The summed E-state index contributed by atoms with van der Waals surface area (Å²) in [4.78, 5) is 11.8. The maximum absolute atomic E-state index is 11.8. The van der Waals surface area contributed by atoms with Crippen molar-refractivity contribution in [3.63, 3.8) is 0 Å². The topological polar surface area (TPSA) is 38.3 Å². The molecule has 0 radical (unpaired) electrons. The Morgan fingerprint density at radius 2 is 2.19 bits per heavy atom. The summed E-state index contributed by atoms with van der Waals surface area (Å²) < 4.78 is 5.42. The van der Waals surface area contributed by atoms with Crippen LogP contribution in [0.5, 0.6) is 0 Å². The van der Waals surface area contributed by atoms with Crippen LogP contribution in [0.15, 0.2) is 0 Å². The summed E-state index contributed by atoms with van der Waals surface area (Å²) in [7, 11) is 0. The minimum atomic E-state index is 0. The fourth-order valence-corrected chi connectivity index (χ4v) is 2.15. The molecule has 3 atom stereocenters. The van der Waals surface area contributed by atoms with E-state index in [-0.39, 0.29) is 19.3 Å². The standard InChI is InChI=1S/C13H25NO2.H2/c1-5-10(4)12(11-6-7-16-8-11)14-13(15)9(2)3;/h9-12H,5-8H2,1-4H3,(H,14,15);1H/t10?,11-,12-;/m1./s1. The second-order valence-corrected chi connectivity index (χ2v) is 5.20. The highest BCUT2D eigenvalue weighted by Crippen LogP contribution is 2.24. The van der Waals surface area contributed by atoms with Gasteiger partial charge in [0.25, 0.3) is 0 Å². The molecular formula is C13H27NO2. The molecule has 1 heterocycles. The van der Waals surface area contributed by atoms with Gasteiger partial charge in [-0.3, -0.25) is 4.79 Å². The maximum atomic E-state index is 11.8. The molecule has 1 unspecified atom stereocenters. The second kappa shape index (κ2) is 6.24. The number of hydrogen-bond acceptors (Lipinski definition) is 2. The summed E-state index contributed by atoms with van der Waals surface area (Å²) in [6.45, 7) is 9.91. The Hall–Kier alpha value is -0.570. The van der Waals surface area contributed by atoms with Gasteiger partial charge in [-0.05, 0) is 12.3 Å². The molecule has 1 aliphatic rings. The number of carbonyl (C=O) groups excluding carboxylic acids is 1. The molecule has 1 amide bonds. The van der Waals surface area contributed by atoms with E-state index < -0.39 is 0 Å². The first-order chi connectivity index (χ1) is 7.56. The number of nitrogens with one attached hydrogen (secondary N) is 1. The molecule has 0 spiro atoms. The largest absolute Gasteiger partial charge is 0.381 e. The highest BCUT2D eigenvalue weighted by atomic mass is 16.5. The molecule has 0 aliphatic carbocycles. The summed E-state index contributed by atoms with van der Waals surface area (Å²) in [6, 6.07) is 0.280. The van der Waals surface area contributed by atoms with E-state index in [2.05, 4.69) is 19.2 Å². The van der Waals surface area contributed by atoms with Crippen molar-refractivity contribution in [2.24, 2.45) is 17.8 Å². The molecule has 1 rings (SSSR count). The van der Waals surface area contributed by atoms with E-state index in [4.69, 9.17) is 4.74 Å². The minimum Gasteiger partial charge on any atom is -0.381 e. The lowest BCUT2D eigenvalue weighted by molar-refractivity contribution is -0.125. The number of carbonyl (C=O) groups is 1. The van der Waals surface area contributed by atoms with Crippen molar-refractivity contribution in [3.05, 3.63) is 0 Å². The Kier molecular flexibility index (Phi) is 5.26. The average molecular weight is 229 g/mol. The predicted octanol–water partition coefficient (Wildman–Crippen LogP) is 2.46. The molecule has 0 bridgehead atoms. The Morgan fingerprint density at radius 1 is 1.50 bits per heavy atom. The Morgan fingerprint density at radius 3 is 2.62 bits per heavy atom. The smallest absolute Gasteiger partial charge is 0.222 e. The lowest BCUT2D eigenvalue weighted by Gasteiger charge is -2.29. The summed E-state index contributed by atoms with van der Waals surface area (Å²) in [5.74, 6) is 1.25. The molecule has 1 N–H and O–H groups in total. The Balaban J connectivity index is 0.00000256. The van der Waals surface area contributed by atoms with Crippen LogP contribution in [0.1, 0.15) is 42.0 Å². The van der Waals surface area contributed by atoms with Crippen molar-refractivity contribution in [1.82, 2.24) is 5.32 Å². The molecule has 3 heteroatoms. The highest BCUT2D eigenvalue weighted by Gasteiger charge is 2.30. The van der Waals surface area contributed by atoms with E-state index in [1.54, 1.807) is 0 Å². The number of amides is 1. The molecule has 96 valence electrons. The van der Waals surface area contributed by atoms with Gasteiger partial charge in [-0.2, -0.15) is 0 Å². The van der Waals surface area contributed by atoms with Crippen molar-refractivity contribution in [1.29, 1.82) is 0 Å². The van der Waals surface area contributed by atoms with Crippen LogP contribution >= 0.6 is 0 Å². The summed E-state index contributed by atoms with van der Waals surface area (Å²) in [5.41, 5.74) is 0. The van der Waals surface area contributed by atoms with Gasteiger partial charge in [-0.15, -0.1) is 0 Å². The number of hydrogen-bond donors (Lipinski definition) is 1. The van der Waals surface area contributed by atoms with E-state index in [1.807, 2.05) is 13.8 Å². The predicted molar refractivity (Wildman–Crippen MR) is 67.3 cm³/mol. The minimum absolute atomic E-state index is 0. The van der Waals surface area contributed by atoms with Crippen LogP contribution in [0.25, 0.3) is 0 Å². The molecule has 0 aromatic heterocycles. The molecule has 1 aliphatic heterocycles. The third-order valence-electron chi connectivity index (χ3n) is 3.56. The van der Waals surface area contributed by atoms with Crippen molar-refractivity contribution < 1.29 is 11.0 Å². The Labute approximate surface area is 100 Å². The van der Waals surface area contributed by atoms with Crippen molar-refractivity contribution in [2.75, 3.05) is 13.2 Å².